The van der Waals surface area contributed by atoms with Crippen molar-refractivity contribution in [3.05, 3.63) is 35.9 Å². The van der Waals surface area contributed by atoms with E-state index in [4.69, 9.17) is 15.6 Å². The number of hydrogen-bond donors (Lipinski definition) is 4. The Labute approximate surface area is 146 Å². The number of carboxylic acid groups (broad SMARTS) is 1. The van der Waals surface area contributed by atoms with Crippen LogP contribution >= 0.6 is 0 Å². The fourth-order valence-corrected chi connectivity index (χ4v) is 2.05. The second-order valence-electron chi connectivity index (χ2n) is 5.61. The molecule has 8 nitrogen and oxygen atoms in total. The third-order valence-corrected chi connectivity index (χ3v) is 3.50. The van der Waals surface area contributed by atoms with Crippen LogP contribution in [0.3, 0.4) is 0 Å². The quantitative estimate of drug-likeness (QED) is 0.465. The number of carbonyl (C=O) groups is 3. The van der Waals surface area contributed by atoms with Gasteiger partial charge in [0.15, 0.2) is 0 Å². The van der Waals surface area contributed by atoms with E-state index < -0.39 is 30.1 Å². The molecule has 0 saturated heterocycles. The Morgan fingerprint density at radius 3 is 2.44 bits per heavy atom. The van der Waals surface area contributed by atoms with E-state index >= 15 is 0 Å². The van der Waals surface area contributed by atoms with Gasteiger partial charge in [0.1, 0.15) is 18.7 Å². The summed E-state index contributed by atoms with van der Waals surface area (Å²) in [6.45, 7) is 2.00. The molecular formula is C17H25N3O5. The first kappa shape index (κ1) is 20.4. The number of nitrogens with one attached hydrogen (secondary N) is 2. The van der Waals surface area contributed by atoms with Gasteiger partial charge in [0.25, 0.3) is 0 Å². The molecule has 0 spiro atoms. The molecule has 0 fully saturated rings. The van der Waals surface area contributed by atoms with Crippen LogP contribution in [-0.2, 0) is 20.9 Å². The number of benzene rings is 1. The average molecular weight is 351 g/mol. The number of aliphatic carboxylic acids is 1. The summed E-state index contributed by atoms with van der Waals surface area (Å²) in [6, 6.07) is 7.18. The van der Waals surface area contributed by atoms with Crippen LogP contribution in [0.2, 0.25) is 0 Å². The maximum Gasteiger partial charge on any atom is 0.408 e. The Balaban J connectivity index is 2.40. The van der Waals surface area contributed by atoms with Crippen molar-refractivity contribution in [3.8, 4) is 0 Å². The molecule has 0 aliphatic carbocycles. The normalized spacial score (nSPS) is 12.7. The Morgan fingerprint density at radius 1 is 1.16 bits per heavy atom. The summed E-state index contributed by atoms with van der Waals surface area (Å²) in [5.74, 6) is -1.71. The van der Waals surface area contributed by atoms with Crippen molar-refractivity contribution in [3.63, 3.8) is 0 Å². The summed E-state index contributed by atoms with van der Waals surface area (Å²) in [5, 5.41) is 13.9. The number of hydrogen-bond acceptors (Lipinski definition) is 5. The molecule has 1 aromatic carbocycles. The minimum absolute atomic E-state index is 0.0812. The van der Waals surface area contributed by atoms with Crippen LogP contribution in [0.1, 0.15) is 31.7 Å². The molecule has 0 unspecified atom stereocenters. The lowest BCUT2D eigenvalue weighted by atomic mass is 10.1. The molecule has 0 aliphatic heterocycles. The molecule has 5 N–H and O–H groups in total. The van der Waals surface area contributed by atoms with E-state index in [1.54, 1.807) is 0 Å². The van der Waals surface area contributed by atoms with Gasteiger partial charge in [-0.15, -0.1) is 0 Å². The van der Waals surface area contributed by atoms with Gasteiger partial charge in [-0.2, -0.15) is 0 Å². The zero-order valence-corrected chi connectivity index (χ0v) is 14.2. The number of alkyl carbamates (subject to hydrolysis) is 1. The molecule has 0 saturated carbocycles. The van der Waals surface area contributed by atoms with Crippen LogP contribution in [0.4, 0.5) is 4.79 Å². The maximum atomic E-state index is 12.0. The molecule has 0 heterocycles. The first-order valence-electron chi connectivity index (χ1n) is 8.14. The Hall–Kier alpha value is -2.61. The topological polar surface area (TPSA) is 131 Å². The van der Waals surface area contributed by atoms with Gasteiger partial charge in [0.2, 0.25) is 5.91 Å². The van der Waals surface area contributed by atoms with Crippen molar-refractivity contribution < 1.29 is 24.2 Å². The Kier molecular flexibility index (Phi) is 9.02. The van der Waals surface area contributed by atoms with Gasteiger partial charge >= 0.3 is 12.1 Å². The predicted molar refractivity (Wildman–Crippen MR) is 91.7 cm³/mol. The summed E-state index contributed by atoms with van der Waals surface area (Å²) in [4.78, 5) is 34.9. The standard InChI is InChI=1S/C17H25N3O5/c1-12(15(21)20-14(16(22)23)9-5-6-10-18)19-17(24)25-11-13-7-3-2-4-8-13/h2-4,7-8,12,14H,5-6,9-11,18H2,1H3,(H,19,24)(H,20,21)(H,22,23)/t12-,14-/m1/s1. The molecule has 0 radical (unpaired) electrons. The minimum Gasteiger partial charge on any atom is -0.480 e. The highest BCUT2D eigenvalue weighted by Crippen LogP contribution is 2.03. The van der Waals surface area contributed by atoms with E-state index in [1.807, 2.05) is 30.3 Å². The lowest BCUT2D eigenvalue weighted by molar-refractivity contribution is -0.142. The van der Waals surface area contributed by atoms with E-state index in [2.05, 4.69) is 10.6 Å². The molecule has 0 bridgehead atoms. The van der Waals surface area contributed by atoms with Gasteiger partial charge in [-0.1, -0.05) is 30.3 Å². The van der Waals surface area contributed by atoms with Crippen molar-refractivity contribution in [2.24, 2.45) is 5.73 Å². The molecule has 2 atom stereocenters. The lowest BCUT2D eigenvalue weighted by Crippen LogP contribution is -2.50. The van der Waals surface area contributed by atoms with Crippen molar-refractivity contribution in [1.29, 1.82) is 0 Å². The zero-order chi connectivity index (χ0) is 18.7. The molecule has 2 amide bonds. The van der Waals surface area contributed by atoms with Gasteiger partial charge in [0.05, 0.1) is 0 Å². The van der Waals surface area contributed by atoms with Gasteiger partial charge in [-0.25, -0.2) is 9.59 Å². The van der Waals surface area contributed by atoms with Crippen LogP contribution in [0.5, 0.6) is 0 Å². The van der Waals surface area contributed by atoms with Crippen LogP contribution in [0.15, 0.2) is 30.3 Å². The molecule has 1 aromatic rings. The fraction of sp³-hybridized carbons (Fsp3) is 0.471. The molecule has 8 heteroatoms. The maximum absolute atomic E-state index is 12.0. The van der Waals surface area contributed by atoms with E-state index in [0.717, 1.165) is 5.56 Å². The van der Waals surface area contributed by atoms with Crippen molar-refractivity contribution in [2.75, 3.05) is 6.54 Å². The number of unbranched alkanes of at least 4 members (excludes halogenated alkanes) is 1. The zero-order valence-electron chi connectivity index (χ0n) is 14.2. The fourth-order valence-electron chi connectivity index (χ4n) is 2.05. The Morgan fingerprint density at radius 2 is 1.84 bits per heavy atom. The molecule has 138 valence electrons. The second kappa shape index (κ2) is 11.0. The first-order valence-corrected chi connectivity index (χ1v) is 8.14. The number of amides is 2. The molecular weight excluding hydrogens is 326 g/mol. The van der Waals surface area contributed by atoms with Crippen LogP contribution in [-0.4, -0.2) is 41.7 Å². The van der Waals surface area contributed by atoms with Gasteiger partial charge in [-0.3, -0.25) is 4.79 Å². The summed E-state index contributed by atoms with van der Waals surface area (Å²) >= 11 is 0. The van der Waals surface area contributed by atoms with E-state index in [0.29, 0.717) is 19.4 Å². The number of rotatable bonds is 10. The summed E-state index contributed by atoms with van der Waals surface area (Å²) < 4.78 is 5.02. The Bertz CT molecular complexity index is 565. The molecule has 0 aliphatic rings. The largest absolute Gasteiger partial charge is 0.480 e. The predicted octanol–water partition coefficient (Wildman–Crippen LogP) is 1.000. The second-order valence-corrected chi connectivity index (χ2v) is 5.61. The highest BCUT2D eigenvalue weighted by atomic mass is 16.5. The number of nitrogens with two attached hydrogens (primary N) is 1. The van der Waals surface area contributed by atoms with Crippen molar-refractivity contribution >= 4 is 18.0 Å². The summed E-state index contributed by atoms with van der Waals surface area (Å²) in [7, 11) is 0. The van der Waals surface area contributed by atoms with Crippen LogP contribution < -0.4 is 16.4 Å². The lowest BCUT2D eigenvalue weighted by Gasteiger charge is -2.18. The minimum atomic E-state index is -1.12. The highest BCUT2D eigenvalue weighted by Gasteiger charge is 2.23. The monoisotopic (exact) mass is 351 g/mol. The molecule has 0 aromatic heterocycles. The SMILES string of the molecule is C[C@@H](NC(=O)OCc1ccccc1)C(=O)N[C@H](CCCCN)C(=O)O. The van der Waals surface area contributed by atoms with Crippen LogP contribution in [0, 0.1) is 0 Å². The molecule has 25 heavy (non-hydrogen) atoms. The van der Waals surface area contributed by atoms with Crippen LogP contribution in [0.25, 0.3) is 0 Å². The first-order chi connectivity index (χ1) is 11.9. The summed E-state index contributed by atoms with van der Waals surface area (Å²) in [5.41, 5.74) is 6.19. The van der Waals surface area contributed by atoms with Gasteiger partial charge in [-0.05, 0) is 38.3 Å². The smallest absolute Gasteiger partial charge is 0.408 e. The van der Waals surface area contributed by atoms with E-state index in [-0.39, 0.29) is 13.0 Å². The van der Waals surface area contributed by atoms with Crippen molar-refractivity contribution in [1.82, 2.24) is 10.6 Å². The number of carboxylic acids is 1. The van der Waals surface area contributed by atoms with Gasteiger partial charge in [0, 0.05) is 0 Å². The number of ether oxygens (including phenoxy) is 1. The highest BCUT2D eigenvalue weighted by molar-refractivity contribution is 5.88. The van der Waals surface area contributed by atoms with E-state index in [9.17, 15) is 14.4 Å². The van der Waals surface area contributed by atoms with Gasteiger partial charge < -0.3 is 26.2 Å². The van der Waals surface area contributed by atoms with E-state index in [1.165, 1.54) is 6.92 Å². The number of carbonyl (C=O) groups excluding carboxylic acids is 2. The van der Waals surface area contributed by atoms with Crippen molar-refractivity contribution in [2.45, 2.75) is 44.9 Å². The third kappa shape index (κ3) is 8.16. The third-order valence-electron chi connectivity index (χ3n) is 3.50. The average Bonchev–Trinajstić information content (AvgIpc) is 2.59. The summed E-state index contributed by atoms with van der Waals surface area (Å²) in [6.07, 6.45) is 0.804. The molecule has 1 rings (SSSR count).